The lowest BCUT2D eigenvalue weighted by molar-refractivity contribution is 0.432. The average molecular weight is 287 g/mol. The maximum atomic E-state index is 13.6. The SMILES string of the molecule is CC(C)CC(C)n1c(=S)[nH]c2cc(Cl)c(F)cc21. The van der Waals surface area contributed by atoms with Crippen LogP contribution in [-0.2, 0) is 0 Å². The van der Waals surface area contributed by atoms with E-state index in [9.17, 15) is 4.39 Å². The number of aromatic nitrogens is 2. The Hall–Kier alpha value is -0.870. The molecule has 0 saturated heterocycles. The number of hydrogen-bond donors (Lipinski definition) is 1. The van der Waals surface area contributed by atoms with Crippen molar-refractivity contribution in [3.05, 3.63) is 27.7 Å². The molecule has 0 aliphatic heterocycles. The lowest BCUT2D eigenvalue weighted by Crippen LogP contribution is -2.08. The van der Waals surface area contributed by atoms with Crippen LogP contribution < -0.4 is 0 Å². The number of imidazole rings is 1. The van der Waals surface area contributed by atoms with E-state index in [4.69, 9.17) is 23.8 Å². The Morgan fingerprint density at radius 1 is 1.39 bits per heavy atom. The van der Waals surface area contributed by atoms with Crippen LogP contribution >= 0.6 is 23.8 Å². The minimum atomic E-state index is -0.413. The first kappa shape index (κ1) is 13.6. The van der Waals surface area contributed by atoms with E-state index < -0.39 is 5.82 Å². The molecule has 1 heterocycles. The second-order valence-electron chi connectivity index (χ2n) is 5.06. The van der Waals surface area contributed by atoms with E-state index >= 15 is 0 Å². The van der Waals surface area contributed by atoms with E-state index in [2.05, 4.69) is 25.8 Å². The molecule has 0 spiro atoms. The number of halogens is 2. The smallest absolute Gasteiger partial charge is 0.178 e. The summed E-state index contributed by atoms with van der Waals surface area (Å²) >= 11 is 11.1. The summed E-state index contributed by atoms with van der Waals surface area (Å²) in [5.74, 6) is 0.146. The van der Waals surface area contributed by atoms with E-state index in [1.165, 1.54) is 6.07 Å². The van der Waals surface area contributed by atoms with Crippen LogP contribution in [0, 0.1) is 16.5 Å². The zero-order valence-corrected chi connectivity index (χ0v) is 12.2. The molecular formula is C13H16ClFN2S. The van der Waals surface area contributed by atoms with Crippen molar-refractivity contribution in [3.63, 3.8) is 0 Å². The molecule has 0 bridgehead atoms. The molecule has 0 fully saturated rings. The van der Waals surface area contributed by atoms with Gasteiger partial charge in [-0.1, -0.05) is 25.4 Å². The van der Waals surface area contributed by atoms with Crippen LogP contribution in [0.1, 0.15) is 33.2 Å². The molecule has 0 aliphatic carbocycles. The predicted molar refractivity (Wildman–Crippen MR) is 76.3 cm³/mol. The first-order valence-corrected chi connectivity index (χ1v) is 6.78. The lowest BCUT2D eigenvalue weighted by Gasteiger charge is -2.16. The molecule has 2 rings (SSSR count). The van der Waals surface area contributed by atoms with E-state index in [1.54, 1.807) is 6.07 Å². The zero-order valence-electron chi connectivity index (χ0n) is 10.6. The van der Waals surface area contributed by atoms with Crippen LogP contribution in [0.4, 0.5) is 4.39 Å². The third-order valence-electron chi connectivity index (χ3n) is 3.01. The molecule has 18 heavy (non-hydrogen) atoms. The molecular weight excluding hydrogens is 271 g/mol. The van der Waals surface area contributed by atoms with Crippen LogP contribution in [0.2, 0.25) is 5.02 Å². The molecule has 0 radical (unpaired) electrons. The summed E-state index contributed by atoms with van der Waals surface area (Å²) in [4.78, 5) is 3.08. The molecule has 5 heteroatoms. The minimum Gasteiger partial charge on any atom is -0.331 e. The Bertz CT molecular complexity index is 630. The highest BCUT2D eigenvalue weighted by Gasteiger charge is 2.14. The minimum absolute atomic E-state index is 0.113. The highest BCUT2D eigenvalue weighted by Crippen LogP contribution is 2.27. The van der Waals surface area contributed by atoms with Crippen molar-refractivity contribution >= 4 is 34.9 Å². The van der Waals surface area contributed by atoms with Gasteiger partial charge in [0.25, 0.3) is 0 Å². The molecule has 1 aromatic heterocycles. The summed E-state index contributed by atoms with van der Waals surface area (Å²) in [6.07, 6.45) is 0.992. The second kappa shape index (κ2) is 5.02. The first-order valence-electron chi connectivity index (χ1n) is 5.99. The van der Waals surface area contributed by atoms with E-state index in [1.807, 2.05) is 4.57 Å². The van der Waals surface area contributed by atoms with Crippen LogP contribution in [0.15, 0.2) is 12.1 Å². The molecule has 1 aromatic carbocycles. The Morgan fingerprint density at radius 3 is 2.67 bits per heavy atom. The molecule has 0 aliphatic rings. The predicted octanol–water partition coefficient (Wildman–Crippen LogP) is 5.10. The van der Waals surface area contributed by atoms with Crippen molar-refractivity contribution in [1.82, 2.24) is 9.55 Å². The number of H-pyrrole nitrogens is 1. The number of benzene rings is 1. The molecule has 1 atom stereocenters. The first-order chi connectivity index (χ1) is 8.40. The summed E-state index contributed by atoms with van der Waals surface area (Å²) in [5, 5.41) is 0.113. The van der Waals surface area contributed by atoms with Crippen LogP contribution in [0.3, 0.4) is 0 Å². The van der Waals surface area contributed by atoms with Gasteiger partial charge in [-0.15, -0.1) is 0 Å². The van der Waals surface area contributed by atoms with Gasteiger partial charge in [-0.25, -0.2) is 4.39 Å². The van der Waals surface area contributed by atoms with E-state index in [0.29, 0.717) is 10.7 Å². The molecule has 0 amide bonds. The maximum Gasteiger partial charge on any atom is 0.178 e. The number of nitrogens with one attached hydrogen (secondary N) is 1. The van der Waals surface area contributed by atoms with Crippen molar-refractivity contribution < 1.29 is 4.39 Å². The van der Waals surface area contributed by atoms with Crippen molar-refractivity contribution in [2.75, 3.05) is 0 Å². The maximum absolute atomic E-state index is 13.6. The summed E-state index contributed by atoms with van der Waals surface area (Å²) in [6.45, 7) is 6.41. The molecule has 1 unspecified atom stereocenters. The number of hydrogen-bond acceptors (Lipinski definition) is 1. The Kier molecular flexibility index (Phi) is 3.78. The standard InChI is InChI=1S/C13H16ClFN2S/c1-7(2)4-8(3)17-12-6-10(15)9(14)5-11(12)16-13(17)18/h5-8H,4H2,1-3H3,(H,16,18). The fourth-order valence-corrected chi connectivity index (χ4v) is 2.90. The monoisotopic (exact) mass is 286 g/mol. The lowest BCUT2D eigenvalue weighted by atomic mass is 10.1. The Morgan fingerprint density at radius 2 is 2.06 bits per heavy atom. The topological polar surface area (TPSA) is 20.7 Å². The summed E-state index contributed by atoms with van der Waals surface area (Å²) in [7, 11) is 0. The van der Waals surface area contributed by atoms with Gasteiger partial charge in [0, 0.05) is 12.1 Å². The number of fused-ring (bicyclic) bond motifs is 1. The molecule has 2 nitrogen and oxygen atoms in total. The van der Waals surface area contributed by atoms with Gasteiger partial charge in [-0.2, -0.15) is 0 Å². The highest BCUT2D eigenvalue weighted by molar-refractivity contribution is 7.71. The second-order valence-corrected chi connectivity index (χ2v) is 5.86. The average Bonchev–Trinajstić information content (AvgIpc) is 2.53. The molecule has 1 N–H and O–H groups in total. The Labute approximate surface area is 116 Å². The van der Waals surface area contributed by atoms with E-state index in [0.717, 1.165) is 17.5 Å². The third-order valence-corrected chi connectivity index (χ3v) is 3.60. The summed E-state index contributed by atoms with van der Waals surface area (Å²) in [6, 6.07) is 3.26. The van der Waals surface area contributed by atoms with Crippen LogP contribution in [-0.4, -0.2) is 9.55 Å². The largest absolute Gasteiger partial charge is 0.331 e. The van der Waals surface area contributed by atoms with Gasteiger partial charge >= 0.3 is 0 Å². The Balaban J connectivity index is 2.60. The summed E-state index contributed by atoms with van der Waals surface area (Å²) < 4.78 is 16.1. The normalized spacial score (nSPS) is 13.4. The summed E-state index contributed by atoms with van der Waals surface area (Å²) in [5.41, 5.74) is 1.55. The molecule has 2 aromatic rings. The van der Waals surface area contributed by atoms with Crippen molar-refractivity contribution in [1.29, 1.82) is 0 Å². The highest BCUT2D eigenvalue weighted by atomic mass is 35.5. The van der Waals surface area contributed by atoms with Crippen molar-refractivity contribution in [3.8, 4) is 0 Å². The van der Waals surface area contributed by atoms with Gasteiger partial charge in [0.1, 0.15) is 5.82 Å². The zero-order chi connectivity index (χ0) is 13.4. The quantitative estimate of drug-likeness (QED) is 0.779. The van der Waals surface area contributed by atoms with Crippen LogP contribution in [0.25, 0.3) is 11.0 Å². The number of nitrogens with zero attached hydrogens (tertiary/aromatic N) is 1. The van der Waals surface area contributed by atoms with Gasteiger partial charge in [0.15, 0.2) is 4.77 Å². The fraction of sp³-hybridized carbons (Fsp3) is 0.462. The van der Waals surface area contributed by atoms with Crippen molar-refractivity contribution in [2.24, 2.45) is 5.92 Å². The number of rotatable bonds is 3. The van der Waals surface area contributed by atoms with Crippen LogP contribution in [0.5, 0.6) is 0 Å². The van der Waals surface area contributed by atoms with Crippen molar-refractivity contribution in [2.45, 2.75) is 33.2 Å². The van der Waals surface area contributed by atoms with Gasteiger partial charge in [0.05, 0.1) is 16.1 Å². The van der Waals surface area contributed by atoms with Gasteiger partial charge in [-0.3, -0.25) is 0 Å². The van der Waals surface area contributed by atoms with Gasteiger partial charge in [0.2, 0.25) is 0 Å². The van der Waals surface area contributed by atoms with E-state index in [-0.39, 0.29) is 11.1 Å². The molecule has 98 valence electrons. The van der Waals surface area contributed by atoms with Gasteiger partial charge in [-0.05, 0) is 37.5 Å². The third kappa shape index (κ3) is 2.45. The van der Waals surface area contributed by atoms with Gasteiger partial charge < -0.3 is 9.55 Å². The molecule has 0 saturated carbocycles. The fourth-order valence-electron chi connectivity index (χ4n) is 2.35. The number of aromatic amines is 1.